The van der Waals surface area contributed by atoms with Crippen molar-refractivity contribution in [3.63, 3.8) is 0 Å². The van der Waals surface area contributed by atoms with Crippen molar-refractivity contribution < 1.29 is 14.7 Å². The van der Waals surface area contributed by atoms with E-state index < -0.39 is 5.97 Å². The van der Waals surface area contributed by atoms with Gasteiger partial charge in [0, 0.05) is 18.8 Å². The number of hydrogen-bond acceptors (Lipinski definition) is 5. The van der Waals surface area contributed by atoms with E-state index in [1.807, 2.05) is 0 Å². The van der Waals surface area contributed by atoms with Crippen LogP contribution < -0.4 is 5.32 Å². The molecule has 0 radical (unpaired) electrons. The second-order valence-electron chi connectivity index (χ2n) is 6.78. The number of benzene rings is 1. The SMILES string of the molecule is CCCCC(=C1SC(=S)N(CCC(=O)O)C1=O)c1ccc2c(c1)CCCN2. The molecule has 0 aliphatic carbocycles. The summed E-state index contributed by atoms with van der Waals surface area (Å²) in [5, 5.41) is 12.3. The molecule has 0 spiro atoms. The standard InChI is InChI=1S/C20H24N2O3S2/c1-2-3-6-15(13-7-8-16-14(12-13)5-4-10-21-16)18-19(25)22(20(26)27-18)11-9-17(23)24/h7-8,12,21H,2-6,9-11H2,1H3,(H,23,24). The third kappa shape index (κ3) is 4.52. The van der Waals surface area contributed by atoms with Gasteiger partial charge in [0.2, 0.25) is 0 Å². The quantitative estimate of drug-likeness (QED) is 0.522. The number of aryl methyl sites for hydroxylation is 1. The lowest BCUT2D eigenvalue weighted by Gasteiger charge is -2.20. The van der Waals surface area contributed by atoms with Gasteiger partial charge in [-0.05, 0) is 54.5 Å². The Morgan fingerprint density at radius 2 is 2.19 bits per heavy atom. The van der Waals surface area contributed by atoms with Crippen molar-refractivity contribution in [3.8, 4) is 0 Å². The smallest absolute Gasteiger partial charge is 0.305 e. The zero-order chi connectivity index (χ0) is 19.4. The summed E-state index contributed by atoms with van der Waals surface area (Å²) in [7, 11) is 0. The van der Waals surface area contributed by atoms with Crippen LogP contribution in [-0.4, -0.2) is 39.3 Å². The lowest BCUT2D eigenvalue weighted by Crippen LogP contribution is -2.30. The molecule has 0 bridgehead atoms. The number of thioether (sulfide) groups is 1. The van der Waals surface area contributed by atoms with Gasteiger partial charge in [0.15, 0.2) is 0 Å². The molecule has 27 heavy (non-hydrogen) atoms. The van der Waals surface area contributed by atoms with Crippen LogP contribution in [0.5, 0.6) is 0 Å². The molecule has 7 heteroatoms. The van der Waals surface area contributed by atoms with Gasteiger partial charge in [-0.2, -0.15) is 0 Å². The molecule has 0 atom stereocenters. The van der Waals surface area contributed by atoms with Crippen molar-refractivity contribution in [3.05, 3.63) is 34.2 Å². The Hall–Kier alpha value is -1.86. The molecule has 0 saturated carbocycles. The van der Waals surface area contributed by atoms with Gasteiger partial charge in [0.1, 0.15) is 4.32 Å². The lowest BCUT2D eigenvalue weighted by atomic mass is 9.94. The summed E-state index contributed by atoms with van der Waals surface area (Å²) in [5.41, 5.74) is 4.56. The average molecular weight is 405 g/mol. The van der Waals surface area contributed by atoms with Crippen molar-refractivity contribution in [2.24, 2.45) is 0 Å². The number of unbranched alkanes of at least 4 members (excludes halogenated alkanes) is 1. The third-order valence-electron chi connectivity index (χ3n) is 4.84. The van der Waals surface area contributed by atoms with Gasteiger partial charge in [-0.3, -0.25) is 14.5 Å². The Morgan fingerprint density at radius 1 is 1.37 bits per heavy atom. The number of aliphatic carboxylic acids is 1. The van der Waals surface area contributed by atoms with Gasteiger partial charge in [0.25, 0.3) is 5.91 Å². The maximum Gasteiger partial charge on any atom is 0.305 e. The van der Waals surface area contributed by atoms with Gasteiger partial charge in [0.05, 0.1) is 11.3 Å². The average Bonchev–Trinajstić information content (AvgIpc) is 2.94. The topological polar surface area (TPSA) is 69.6 Å². The van der Waals surface area contributed by atoms with Gasteiger partial charge >= 0.3 is 5.97 Å². The zero-order valence-electron chi connectivity index (χ0n) is 15.4. The Bertz CT molecular complexity index is 804. The number of carboxylic acid groups (broad SMARTS) is 1. The highest BCUT2D eigenvalue weighted by atomic mass is 32.2. The van der Waals surface area contributed by atoms with Crippen LogP contribution in [0.25, 0.3) is 5.57 Å². The number of thiocarbonyl (C=S) groups is 1. The first-order chi connectivity index (χ1) is 13.0. The summed E-state index contributed by atoms with van der Waals surface area (Å²) < 4.78 is 0.449. The number of hydrogen-bond donors (Lipinski definition) is 2. The van der Waals surface area contributed by atoms with Crippen molar-refractivity contribution in [1.82, 2.24) is 4.90 Å². The predicted molar refractivity (Wildman–Crippen MR) is 114 cm³/mol. The minimum Gasteiger partial charge on any atom is -0.481 e. The van der Waals surface area contributed by atoms with Crippen LogP contribution in [0.2, 0.25) is 0 Å². The van der Waals surface area contributed by atoms with E-state index in [-0.39, 0.29) is 18.9 Å². The number of carbonyl (C=O) groups excluding carboxylic acids is 1. The van der Waals surface area contributed by atoms with E-state index in [4.69, 9.17) is 17.3 Å². The number of allylic oxidation sites excluding steroid dienone is 1. The predicted octanol–water partition coefficient (Wildman–Crippen LogP) is 4.28. The number of carbonyl (C=O) groups is 2. The normalized spacial score (nSPS) is 18.3. The highest BCUT2D eigenvalue weighted by molar-refractivity contribution is 8.26. The molecule has 2 N–H and O–H groups in total. The van der Waals surface area contributed by atoms with E-state index in [1.165, 1.54) is 27.9 Å². The summed E-state index contributed by atoms with van der Waals surface area (Å²) in [6.45, 7) is 3.25. The van der Waals surface area contributed by atoms with E-state index in [1.54, 1.807) is 0 Å². The van der Waals surface area contributed by atoms with Crippen LogP contribution in [-0.2, 0) is 16.0 Å². The van der Waals surface area contributed by atoms with Crippen LogP contribution in [0.3, 0.4) is 0 Å². The number of carboxylic acids is 1. The molecule has 0 unspecified atom stereocenters. The number of amides is 1. The van der Waals surface area contributed by atoms with Crippen LogP contribution in [0.1, 0.15) is 50.2 Å². The molecule has 2 aliphatic rings. The molecule has 2 heterocycles. The van der Waals surface area contributed by atoms with Gasteiger partial charge in [-0.1, -0.05) is 43.4 Å². The Balaban J connectivity index is 1.95. The Morgan fingerprint density at radius 3 is 2.93 bits per heavy atom. The van der Waals surface area contributed by atoms with E-state index >= 15 is 0 Å². The van der Waals surface area contributed by atoms with E-state index in [0.717, 1.165) is 49.8 Å². The second-order valence-corrected chi connectivity index (χ2v) is 8.43. The fourth-order valence-electron chi connectivity index (χ4n) is 3.39. The molecule has 2 aliphatic heterocycles. The number of rotatable bonds is 7. The molecule has 1 aromatic rings. The van der Waals surface area contributed by atoms with Crippen LogP contribution in [0.15, 0.2) is 23.1 Å². The first-order valence-corrected chi connectivity index (χ1v) is 10.6. The first kappa shape index (κ1) is 19.9. The van der Waals surface area contributed by atoms with Crippen molar-refractivity contribution in [2.75, 3.05) is 18.4 Å². The van der Waals surface area contributed by atoms with Crippen LogP contribution in [0.4, 0.5) is 5.69 Å². The maximum absolute atomic E-state index is 12.9. The third-order valence-corrected chi connectivity index (χ3v) is 6.34. The van der Waals surface area contributed by atoms with E-state index in [2.05, 4.69) is 30.4 Å². The molecular weight excluding hydrogens is 380 g/mol. The number of nitrogens with one attached hydrogen (secondary N) is 1. The van der Waals surface area contributed by atoms with Crippen molar-refractivity contribution >= 4 is 51.4 Å². The number of nitrogens with zero attached hydrogens (tertiary/aromatic N) is 1. The summed E-state index contributed by atoms with van der Waals surface area (Å²) in [4.78, 5) is 25.9. The maximum atomic E-state index is 12.9. The highest BCUT2D eigenvalue weighted by Crippen LogP contribution is 2.40. The highest BCUT2D eigenvalue weighted by Gasteiger charge is 2.34. The number of fused-ring (bicyclic) bond motifs is 1. The second kappa shape index (κ2) is 8.89. The number of anilines is 1. The fraction of sp³-hybridized carbons (Fsp3) is 0.450. The first-order valence-electron chi connectivity index (χ1n) is 9.37. The summed E-state index contributed by atoms with van der Waals surface area (Å²) in [5.74, 6) is -1.09. The summed E-state index contributed by atoms with van der Waals surface area (Å²) >= 11 is 6.66. The lowest BCUT2D eigenvalue weighted by molar-refractivity contribution is -0.137. The Kier molecular flexibility index (Phi) is 6.55. The molecule has 1 fully saturated rings. The van der Waals surface area contributed by atoms with Crippen LogP contribution >= 0.6 is 24.0 Å². The monoisotopic (exact) mass is 404 g/mol. The van der Waals surface area contributed by atoms with Gasteiger partial charge < -0.3 is 10.4 Å². The molecule has 1 saturated heterocycles. The molecule has 3 rings (SSSR count). The fourth-order valence-corrected chi connectivity index (χ4v) is 4.81. The van der Waals surface area contributed by atoms with E-state index in [9.17, 15) is 9.59 Å². The van der Waals surface area contributed by atoms with Crippen molar-refractivity contribution in [1.29, 1.82) is 0 Å². The van der Waals surface area contributed by atoms with Crippen molar-refractivity contribution in [2.45, 2.75) is 45.4 Å². The molecule has 5 nitrogen and oxygen atoms in total. The zero-order valence-corrected chi connectivity index (χ0v) is 17.0. The summed E-state index contributed by atoms with van der Waals surface area (Å²) in [6.07, 6.45) is 4.88. The minimum absolute atomic E-state index is 0.103. The molecular formula is C20H24N2O3S2. The largest absolute Gasteiger partial charge is 0.481 e. The van der Waals surface area contributed by atoms with Crippen LogP contribution in [0, 0.1) is 0 Å². The summed E-state index contributed by atoms with van der Waals surface area (Å²) in [6, 6.07) is 6.36. The van der Waals surface area contributed by atoms with Gasteiger partial charge in [-0.15, -0.1) is 0 Å². The van der Waals surface area contributed by atoms with Gasteiger partial charge in [-0.25, -0.2) is 0 Å². The minimum atomic E-state index is -0.929. The molecule has 144 valence electrons. The molecule has 1 aromatic carbocycles. The molecule has 1 amide bonds. The van der Waals surface area contributed by atoms with E-state index in [0.29, 0.717) is 9.23 Å². The molecule has 0 aromatic heterocycles. The Labute approximate surface area is 169 Å².